The van der Waals surface area contributed by atoms with E-state index in [1.807, 2.05) is 30.3 Å². The van der Waals surface area contributed by atoms with Gasteiger partial charge in [-0.05, 0) is 36.8 Å². The molecule has 3 aromatic rings. The van der Waals surface area contributed by atoms with Crippen molar-refractivity contribution in [3.8, 4) is 0 Å². The molecule has 10 heteroatoms. The number of unbranched alkanes of at least 4 members (excludes halogenated alkanes) is 2. The van der Waals surface area contributed by atoms with Crippen molar-refractivity contribution in [2.75, 3.05) is 11.4 Å². The second kappa shape index (κ2) is 9.29. The highest BCUT2D eigenvalue weighted by Gasteiger charge is 2.29. The molecule has 0 unspecified atom stereocenters. The molecule has 0 spiro atoms. The fraction of sp³-hybridized carbons (Fsp3) is 0.286. The van der Waals surface area contributed by atoms with Crippen LogP contribution in [0.4, 0.5) is 5.69 Å². The standard InChI is InChI=1S/C21H20Cl2N2O3S3/c1-2-3-4-9-24-16-10-14(22)5-7-18(16)29-20(24)12-21-25(13-31(26,27)28)17-11-15(23)6-8-19(17)30-21/h5-8,10-12H,2-4,9,13H2,1H3/p+1. The van der Waals surface area contributed by atoms with Gasteiger partial charge in [0.25, 0.3) is 10.9 Å². The normalized spacial score (nSPS) is 15.2. The predicted octanol–water partition coefficient (Wildman–Crippen LogP) is 6.44. The number of hydrogen-bond acceptors (Lipinski definition) is 5. The van der Waals surface area contributed by atoms with E-state index in [1.165, 1.54) is 11.3 Å². The molecule has 1 aromatic heterocycles. The first-order chi connectivity index (χ1) is 14.7. The van der Waals surface area contributed by atoms with Crippen molar-refractivity contribution in [3.63, 3.8) is 0 Å². The van der Waals surface area contributed by atoms with E-state index in [9.17, 15) is 13.0 Å². The molecule has 5 nitrogen and oxygen atoms in total. The first kappa shape index (κ1) is 22.9. The lowest BCUT2D eigenvalue weighted by atomic mass is 10.2. The summed E-state index contributed by atoms with van der Waals surface area (Å²) >= 11 is 15.5. The predicted molar refractivity (Wildman–Crippen MR) is 131 cm³/mol. The highest BCUT2D eigenvalue weighted by Crippen LogP contribution is 2.48. The molecule has 2 aromatic carbocycles. The summed E-state index contributed by atoms with van der Waals surface area (Å²) in [7, 11) is -4.24. The summed E-state index contributed by atoms with van der Waals surface area (Å²) in [5, 5.41) is 2.90. The number of rotatable bonds is 7. The monoisotopic (exact) mass is 515 g/mol. The summed E-state index contributed by atoms with van der Waals surface area (Å²) in [5.74, 6) is -0.536. The zero-order valence-corrected chi connectivity index (χ0v) is 20.7. The molecule has 31 heavy (non-hydrogen) atoms. The average Bonchev–Trinajstić information content (AvgIpc) is 3.19. The number of anilines is 1. The van der Waals surface area contributed by atoms with E-state index in [1.54, 1.807) is 28.5 Å². The molecule has 1 aliphatic heterocycles. The quantitative estimate of drug-likeness (QED) is 0.222. The van der Waals surface area contributed by atoms with Gasteiger partial charge in [0.2, 0.25) is 5.52 Å². The van der Waals surface area contributed by atoms with Crippen LogP contribution < -0.4 is 9.47 Å². The van der Waals surface area contributed by atoms with Crippen LogP contribution >= 0.6 is 46.3 Å². The van der Waals surface area contributed by atoms with Crippen molar-refractivity contribution in [2.24, 2.45) is 0 Å². The molecule has 1 N–H and O–H groups in total. The topological polar surface area (TPSA) is 61.5 Å². The second-order valence-electron chi connectivity index (χ2n) is 7.25. The maximum Gasteiger partial charge on any atom is 0.326 e. The molecule has 1 aliphatic rings. The van der Waals surface area contributed by atoms with Gasteiger partial charge in [0.05, 0.1) is 16.8 Å². The number of hydrogen-bond donors (Lipinski definition) is 1. The summed E-state index contributed by atoms with van der Waals surface area (Å²) in [6, 6.07) is 11.2. The van der Waals surface area contributed by atoms with Gasteiger partial charge < -0.3 is 4.90 Å². The van der Waals surface area contributed by atoms with E-state index < -0.39 is 16.0 Å². The highest BCUT2D eigenvalue weighted by molar-refractivity contribution is 8.03. The smallest absolute Gasteiger partial charge is 0.326 e. The Bertz CT molecular complexity index is 1270. The molecule has 0 saturated heterocycles. The SMILES string of the molecule is CCCCCN1C(=Cc2sc3ccc(Cl)cc3[n+]2CS(=O)(=O)O)Sc2ccc(Cl)cc21. The Hall–Kier alpha value is -1.29. The van der Waals surface area contributed by atoms with Gasteiger partial charge in [0.1, 0.15) is 4.70 Å². The molecule has 0 aliphatic carbocycles. The van der Waals surface area contributed by atoms with Gasteiger partial charge in [-0.15, -0.1) is 0 Å². The van der Waals surface area contributed by atoms with Crippen molar-refractivity contribution in [1.82, 2.24) is 0 Å². The molecule has 0 amide bonds. The largest absolute Gasteiger partial charge is 0.335 e. The number of benzene rings is 2. The van der Waals surface area contributed by atoms with Crippen LogP contribution in [0, 0.1) is 0 Å². The number of fused-ring (bicyclic) bond motifs is 2. The molecule has 0 radical (unpaired) electrons. The minimum Gasteiger partial charge on any atom is -0.335 e. The van der Waals surface area contributed by atoms with E-state index >= 15 is 0 Å². The van der Waals surface area contributed by atoms with Crippen molar-refractivity contribution in [2.45, 2.75) is 37.0 Å². The fourth-order valence-corrected chi connectivity index (χ4v) is 6.79. The molecule has 0 atom stereocenters. The fourth-order valence-electron chi connectivity index (χ4n) is 3.52. The Morgan fingerprint density at radius 2 is 1.87 bits per heavy atom. The number of nitrogens with zero attached hydrogens (tertiary/aromatic N) is 2. The van der Waals surface area contributed by atoms with Crippen LogP contribution in [-0.4, -0.2) is 19.5 Å². The van der Waals surface area contributed by atoms with Gasteiger partial charge in [-0.2, -0.15) is 13.0 Å². The third-order valence-corrected chi connectivity index (χ3v) is 8.19. The van der Waals surface area contributed by atoms with E-state index in [4.69, 9.17) is 23.2 Å². The first-order valence-electron chi connectivity index (χ1n) is 9.79. The Labute approximate surface area is 200 Å². The van der Waals surface area contributed by atoms with E-state index in [0.717, 1.165) is 51.1 Å². The van der Waals surface area contributed by atoms with E-state index in [0.29, 0.717) is 15.6 Å². The lowest BCUT2D eigenvalue weighted by molar-refractivity contribution is -0.649. The lowest BCUT2D eigenvalue weighted by Crippen LogP contribution is -2.39. The van der Waals surface area contributed by atoms with Crippen molar-refractivity contribution >= 4 is 78.4 Å². The summed E-state index contributed by atoms with van der Waals surface area (Å²) in [5.41, 5.74) is 1.73. The molecule has 2 heterocycles. The Morgan fingerprint density at radius 1 is 1.13 bits per heavy atom. The van der Waals surface area contributed by atoms with E-state index in [-0.39, 0.29) is 0 Å². The number of thiazole rings is 1. The summed E-state index contributed by atoms with van der Waals surface area (Å²) in [4.78, 5) is 3.34. The Morgan fingerprint density at radius 3 is 2.61 bits per heavy atom. The highest BCUT2D eigenvalue weighted by atomic mass is 35.5. The summed E-state index contributed by atoms with van der Waals surface area (Å²) in [6.07, 6.45) is 5.25. The average molecular weight is 517 g/mol. The third-order valence-electron chi connectivity index (χ3n) is 4.91. The van der Waals surface area contributed by atoms with Crippen molar-refractivity contribution in [3.05, 3.63) is 56.5 Å². The molecular formula is C21H21Cl2N2O3S3+. The van der Waals surface area contributed by atoms with Crippen LogP contribution in [-0.2, 0) is 16.0 Å². The molecule has 0 fully saturated rings. The zero-order valence-electron chi connectivity index (χ0n) is 16.7. The molecule has 4 rings (SSSR count). The number of thioether (sulfide) groups is 1. The van der Waals surface area contributed by atoms with Gasteiger partial charge in [0, 0.05) is 27.6 Å². The zero-order chi connectivity index (χ0) is 22.2. The minimum atomic E-state index is -4.24. The van der Waals surface area contributed by atoms with Crippen molar-refractivity contribution < 1.29 is 17.5 Å². The van der Waals surface area contributed by atoms with Crippen molar-refractivity contribution in [1.29, 1.82) is 0 Å². The van der Waals surface area contributed by atoms with Crippen LogP contribution in [0.2, 0.25) is 10.0 Å². The maximum atomic E-state index is 11.7. The molecule has 0 bridgehead atoms. The van der Waals surface area contributed by atoms with Gasteiger partial charge in [0.15, 0.2) is 0 Å². The maximum absolute atomic E-state index is 11.7. The summed E-state index contributed by atoms with van der Waals surface area (Å²) in [6.45, 7) is 3.01. The van der Waals surface area contributed by atoms with Crippen LogP contribution in [0.5, 0.6) is 0 Å². The van der Waals surface area contributed by atoms with E-state index in [2.05, 4.69) is 11.8 Å². The van der Waals surface area contributed by atoms with Crippen LogP contribution in [0.25, 0.3) is 16.3 Å². The first-order valence-corrected chi connectivity index (χ1v) is 13.8. The summed E-state index contributed by atoms with van der Waals surface area (Å²) < 4.78 is 35.5. The van der Waals surface area contributed by atoms with Gasteiger partial charge >= 0.3 is 10.1 Å². The molecule has 164 valence electrons. The van der Waals surface area contributed by atoms with Crippen LogP contribution in [0.3, 0.4) is 0 Å². The minimum absolute atomic E-state index is 0.507. The molecule has 0 saturated carbocycles. The van der Waals surface area contributed by atoms with Crippen LogP contribution in [0.15, 0.2) is 46.3 Å². The van der Waals surface area contributed by atoms with Gasteiger partial charge in [-0.3, -0.25) is 4.55 Å². The van der Waals surface area contributed by atoms with Gasteiger partial charge in [-0.25, -0.2) is 0 Å². The van der Waals surface area contributed by atoms with Gasteiger partial charge in [-0.1, -0.05) is 66.1 Å². The number of aromatic nitrogens is 1. The second-order valence-corrected chi connectivity index (χ2v) is 11.7. The molecular weight excluding hydrogens is 495 g/mol. The third kappa shape index (κ3) is 5.21. The number of halogens is 2. The Kier molecular flexibility index (Phi) is 6.86. The Balaban J connectivity index is 1.81. The van der Waals surface area contributed by atoms with Crippen LogP contribution in [0.1, 0.15) is 31.2 Å². The lowest BCUT2D eigenvalue weighted by Gasteiger charge is -2.20.